The van der Waals surface area contributed by atoms with Crippen LogP contribution in [0.15, 0.2) is 22.9 Å². The normalized spacial score (nSPS) is 10.7. The fraction of sp³-hybridized carbons (Fsp3) is 0. The molecule has 0 spiro atoms. The van der Waals surface area contributed by atoms with Crippen molar-refractivity contribution in [1.29, 1.82) is 0 Å². The molecule has 11 heavy (non-hydrogen) atoms. The maximum absolute atomic E-state index is 5.81. The summed E-state index contributed by atoms with van der Waals surface area (Å²) in [7, 11) is 0. The van der Waals surface area contributed by atoms with E-state index in [4.69, 9.17) is 11.6 Å². The Morgan fingerprint density at radius 2 is 2.36 bits per heavy atom. The van der Waals surface area contributed by atoms with Crippen LogP contribution in [0.25, 0.3) is 5.65 Å². The lowest BCUT2D eigenvalue weighted by molar-refractivity contribution is 0.928. The van der Waals surface area contributed by atoms with Crippen molar-refractivity contribution in [1.82, 2.24) is 14.6 Å². The highest BCUT2D eigenvalue weighted by Gasteiger charge is 2.00. The molecule has 5 heteroatoms. The van der Waals surface area contributed by atoms with Gasteiger partial charge in [-0.25, -0.2) is 9.50 Å². The molecule has 2 aromatic rings. The average molecular weight is 232 g/mol. The van der Waals surface area contributed by atoms with Crippen LogP contribution in [0.2, 0.25) is 5.15 Å². The lowest BCUT2D eigenvalue weighted by atomic mass is 10.6. The highest BCUT2D eigenvalue weighted by Crippen LogP contribution is 2.14. The van der Waals surface area contributed by atoms with Crippen LogP contribution >= 0.6 is 27.5 Å². The van der Waals surface area contributed by atoms with E-state index >= 15 is 0 Å². The second kappa shape index (κ2) is 2.46. The Morgan fingerprint density at radius 3 is 3.09 bits per heavy atom. The predicted molar refractivity (Wildman–Crippen MR) is 45.7 cm³/mol. The molecule has 0 aliphatic rings. The van der Waals surface area contributed by atoms with E-state index in [2.05, 4.69) is 26.0 Å². The standard InChI is InChI=1S/C6H3BrClN3/c7-4-3-6-9-2-1-5(8)11(6)10-4/h1-3H. The highest BCUT2D eigenvalue weighted by molar-refractivity contribution is 9.10. The highest BCUT2D eigenvalue weighted by atomic mass is 79.9. The van der Waals surface area contributed by atoms with Crippen LogP contribution < -0.4 is 0 Å². The van der Waals surface area contributed by atoms with Crippen LogP contribution in [0, 0.1) is 0 Å². The Hall–Kier alpha value is -0.610. The monoisotopic (exact) mass is 231 g/mol. The summed E-state index contributed by atoms with van der Waals surface area (Å²) < 4.78 is 2.30. The van der Waals surface area contributed by atoms with Gasteiger partial charge in [0.1, 0.15) is 9.76 Å². The van der Waals surface area contributed by atoms with E-state index in [0.717, 1.165) is 10.3 Å². The maximum Gasteiger partial charge on any atom is 0.157 e. The van der Waals surface area contributed by atoms with Gasteiger partial charge in [-0.05, 0) is 22.0 Å². The van der Waals surface area contributed by atoms with Crippen LogP contribution in [-0.2, 0) is 0 Å². The van der Waals surface area contributed by atoms with Crippen molar-refractivity contribution < 1.29 is 0 Å². The number of hydrogen-bond donors (Lipinski definition) is 0. The summed E-state index contributed by atoms with van der Waals surface area (Å²) in [6, 6.07) is 3.49. The Bertz CT molecular complexity index is 398. The molecule has 0 bridgehead atoms. The van der Waals surface area contributed by atoms with Crippen molar-refractivity contribution in [2.75, 3.05) is 0 Å². The Labute approximate surface area is 76.1 Å². The number of nitrogens with zero attached hydrogens (tertiary/aromatic N) is 3. The molecule has 2 aromatic heterocycles. The third-order valence-electron chi connectivity index (χ3n) is 1.28. The molecule has 0 amide bonds. The Morgan fingerprint density at radius 1 is 1.55 bits per heavy atom. The smallest absolute Gasteiger partial charge is 0.157 e. The van der Waals surface area contributed by atoms with Crippen molar-refractivity contribution in [3.8, 4) is 0 Å². The van der Waals surface area contributed by atoms with Crippen molar-refractivity contribution in [2.24, 2.45) is 0 Å². The van der Waals surface area contributed by atoms with E-state index < -0.39 is 0 Å². The topological polar surface area (TPSA) is 30.2 Å². The number of rotatable bonds is 0. The van der Waals surface area contributed by atoms with Crippen molar-refractivity contribution in [2.45, 2.75) is 0 Å². The molecule has 0 atom stereocenters. The van der Waals surface area contributed by atoms with E-state index in [-0.39, 0.29) is 0 Å². The first kappa shape index (κ1) is 7.06. The first-order chi connectivity index (χ1) is 5.27. The van der Waals surface area contributed by atoms with Crippen LogP contribution in [0.3, 0.4) is 0 Å². The Kier molecular flexibility index (Phi) is 1.58. The molecule has 3 nitrogen and oxygen atoms in total. The lowest BCUT2D eigenvalue weighted by Crippen LogP contribution is -1.89. The van der Waals surface area contributed by atoms with E-state index in [1.807, 2.05) is 0 Å². The molecule has 0 aliphatic heterocycles. The molecule has 0 aliphatic carbocycles. The third kappa shape index (κ3) is 1.12. The molecule has 0 unspecified atom stereocenters. The van der Waals surface area contributed by atoms with Crippen LogP contribution in [0.5, 0.6) is 0 Å². The molecule has 0 radical (unpaired) electrons. The largest absolute Gasteiger partial charge is 0.237 e. The summed E-state index contributed by atoms with van der Waals surface area (Å²) in [5.41, 5.74) is 0.740. The average Bonchev–Trinajstić information content (AvgIpc) is 2.31. The van der Waals surface area contributed by atoms with Gasteiger partial charge in [0.15, 0.2) is 5.65 Å². The second-order valence-electron chi connectivity index (χ2n) is 2.00. The van der Waals surface area contributed by atoms with Crippen LogP contribution in [0.4, 0.5) is 0 Å². The van der Waals surface area contributed by atoms with E-state index in [9.17, 15) is 0 Å². The van der Waals surface area contributed by atoms with Gasteiger partial charge in [-0.15, -0.1) is 0 Å². The molecule has 0 fully saturated rings. The molecule has 0 saturated heterocycles. The number of aromatic nitrogens is 3. The number of fused-ring (bicyclic) bond motifs is 1. The SMILES string of the molecule is Clc1ccnc2cc(Br)nn12. The van der Waals surface area contributed by atoms with Gasteiger partial charge in [0.25, 0.3) is 0 Å². The summed E-state index contributed by atoms with van der Waals surface area (Å²) in [4.78, 5) is 4.05. The van der Waals surface area contributed by atoms with Gasteiger partial charge in [0, 0.05) is 12.3 Å². The zero-order valence-electron chi connectivity index (χ0n) is 5.33. The van der Waals surface area contributed by atoms with Gasteiger partial charge in [-0.1, -0.05) is 11.6 Å². The van der Waals surface area contributed by atoms with Gasteiger partial charge in [-0.2, -0.15) is 5.10 Å². The minimum absolute atomic E-state index is 0.556. The fourth-order valence-corrected chi connectivity index (χ4v) is 1.38. The molecule has 2 rings (SSSR count). The minimum Gasteiger partial charge on any atom is -0.237 e. The van der Waals surface area contributed by atoms with Gasteiger partial charge < -0.3 is 0 Å². The molecule has 2 heterocycles. The predicted octanol–water partition coefficient (Wildman–Crippen LogP) is 2.15. The van der Waals surface area contributed by atoms with Crippen LogP contribution in [-0.4, -0.2) is 14.6 Å². The molecular formula is C6H3BrClN3. The molecular weight excluding hydrogens is 229 g/mol. The van der Waals surface area contributed by atoms with Gasteiger partial charge in [0.05, 0.1) is 0 Å². The van der Waals surface area contributed by atoms with Crippen LogP contribution in [0.1, 0.15) is 0 Å². The zero-order valence-corrected chi connectivity index (χ0v) is 7.67. The third-order valence-corrected chi connectivity index (χ3v) is 1.96. The minimum atomic E-state index is 0.556. The Balaban J connectivity index is 2.90. The zero-order chi connectivity index (χ0) is 7.84. The van der Waals surface area contributed by atoms with E-state index in [0.29, 0.717) is 5.15 Å². The summed E-state index contributed by atoms with van der Waals surface area (Å²) in [5.74, 6) is 0. The lowest BCUT2D eigenvalue weighted by Gasteiger charge is -1.92. The van der Waals surface area contributed by atoms with Gasteiger partial charge in [-0.3, -0.25) is 0 Å². The molecule has 0 saturated carbocycles. The van der Waals surface area contributed by atoms with E-state index in [1.165, 1.54) is 0 Å². The van der Waals surface area contributed by atoms with Crippen molar-refractivity contribution in [3.05, 3.63) is 28.1 Å². The summed E-state index contributed by atoms with van der Waals surface area (Å²) in [6.45, 7) is 0. The molecule has 0 aromatic carbocycles. The van der Waals surface area contributed by atoms with E-state index in [1.54, 1.807) is 22.8 Å². The first-order valence-corrected chi connectivity index (χ1v) is 4.10. The van der Waals surface area contributed by atoms with Gasteiger partial charge in [0.2, 0.25) is 0 Å². The summed E-state index contributed by atoms with van der Waals surface area (Å²) in [5, 5.41) is 4.61. The number of halogens is 2. The molecule has 0 N–H and O–H groups in total. The van der Waals surface area contributed by atoms with Crippen molar-refractivity contribution in [3.63, 3.8) is 0 Å². The summed E-state index contributed by atoms with van der Waals surface area (Å²) >= 11 is 9.04. The quantitative estimate of drug-likeness (QED) is 0.652. The molecule has 56 valence electrons. The fourth-order valence-electron chi connectivity index (χ4n) is 0.838. The first-order valence-electron chi connectivity index (χ1n) is 2.93. The second-order valence-corrected chi connectivity index (χ2v) is 3.20. The van der Waals surface area contributed by atoms with Gasteiger partial charge >= 0.3 is 0 Å². The van der Waals surface area contributed by atoms with Crippen molar-refractivity contribution >= 4 is 33.2 Å². The summed E-state index contributed by atoms with van der Waals surface area (Å²) in [6.07, 6.45) is 1.64. The number of hydrogen-bond acceptors (Lipinski definition) is 2. The maximum atomic E-state index is 5.81.